The van der Waals surface area contributed by atoms with Crippen LogP contribution in [0.15, 0.2) is 59.6 Å². The zero-order valence-electron chi connectivity index (χ0n) is 14.7. The number of pyridine rings is 1. The molecule has 3 aromatic rings. The van der Waals surface area contributed by atoms with Crippen LogP contribution in [0.1, 0.15) is 23.6 Å². The smallest absolute Gasteiger partial charge is 0.233 e. The van der Waals surface area contributed by atoms with Gasteiger partial charge < -0.3 is 5.32 Å². The van der Waals surface area contributed by atoms with E-state index in [1.165, 1.54) is 11.8 Å². The van der Waals surface area contributed by atoms with Crippen molar-refractivity contribution in [3.63, 3.8) is 0 Å². The van der Waals surface area contributed by atoms with Gasteiger partial charge in [0.25, 0.3) is 0 Å². The Bertz CT molecular complexity index is 893. The molecule has 1 amide bonds. The largest absolute Gasteiger partial charge is 0.351 e. The first-order valence-electron chi connectivity index (χ1n) is 8.40. The fourth-order valence-electron chi connectivity index (χ4n) is 2.70. The SMILES string of the molecule is Cc1cc2cccc(C)c2nc1S[C@H](C)C(=O)NCc1ccccc1. The molecule has 2 aromatic carbocycles. The van der Waals surface area contributed by atoms with Crippen molar-refractivity contribution in [1.29, 1.82) is 0 Å². The van der Waals surface area contributed by atoms with E-state index < -0.39 is 0 Å². The van der Waals surface area contributed by atoms with Crippen LogP contribution in [0, 0.1) is 13.8 Å². The molecule has 3 nitrogen and oxygen atoms in total. The molecule has 1 atom stereocenters. The molecule has 25 heavy (non-hydrogen) atoms. The first-order valence-corrected chi connectivity index (χ1v) is 9.28. The van der Waals surface area contributed by atoms with Crippen molar-refractivity contribution in [2.24, 2.45) is 0 Å². The fraction of sp³-hybridized carbons (Fsp3) is 0.238. The number of thioether (sulfide) groups is 1. The van der Waals surface area contributed by atoms with Gasteiger partial charge in [0, 0.05) is 11.9 Å². The lowest BCUT2D eigenvalue weighted by molar-refractivity contribution is -0.120. The number of aryl methyl sites for hydroxylation is 2. The maximum atomic E-state index is 12.4. The molecule has 1 aromatic heterocycles. The van der Waals surface area contributed by atoms with Gasteiger partial charge in [0.15, 0.2) is 0 Å². The summed E-state index contributed by atoms with van der Waals surface area (Å²) < 4.78 is 0. The third kappa shape index (κ3) is 4.20. The van der Waals surface area contributed by atoms with Crippen LogP contribution in [0.4, 0.5) is 0 Å². The van der Waals surface area contributed by atoms with Crippen LogP contribution in [0.3, 0.4) is 0 Å². The average Bonchev–Trinajstić information content (AvgIpc) is 2.62. The summed E-state index contributed by atoms with van der Waals surface area (Å²) in [6.45, 7) is 6.59. The highest BCUT2D eigenvalue weighted by Crippen LogP contribution is 2.28. The van der Waals surface area contributed by atoms with E-state index in [4.69, 9.17) is 4.98 Å². The van der Waals surface area contributed by atoms with Gasteiger partial charge in [-0.1, -0.05) is 60.3 Å². The second kappa shape index (κ2) is 7.70. The van der Waals surface area contributed by atoms with Gasteiger partial charge in [0.05, 0.1) is 10.8 Å². The third-order valence-electron chi connectivity index (χ3n) is 4.16. The molecule has 0 saturated heterocycles. The van der Waals surface area contributed by atoms with E-state index in [9.17, 15) is 4.79 Å². The first kappa shape index (κ1) is 17.5. The Morgan fingerprint density at radius 2 is 1.84 bits per heavy atom. The predicted octanol–water partition coefficient (Wildman–Crippen LogP) is 4.65. The van der Waals surface area contributed by atoms with E-state index in [2.05, 4.69) is 30.4 Å². The maximum absolute atomic E-state index is 12.4. The maximum Gasteiger partial charge on any atom is 0.233 e. The van der Waals surface area contributed by atoms with Gasteiger partial charge in [-0.05, 0) is 43.5 Å². The van der Waals surface area contributed by atoms with Crippen molar-refractivity contribution >= 4 is 28.6 Å². The molecule has 0 spiro atoms. The van der Waals surface area contributed by atoms with Gasteiger partial charge in [-0.2, -0.15) is 0 Å². The summed E-state index contributed by atoms with van der Waals surface area (Å²) in [5, 5.41) is 4.86. The molecule has 4 heteroatoms. The fourth-order valence-corrected chi connectivity index (χ4v) is 3.62. The highest BCUT2D eigenvalue weighted by molar-refractivity contribution is 8.00. The summed E-state index contributed by atoms with van der Waals surface area (Å²) in [6, 6.07) is 18.3. The highest BCUT2D eigenvalue weighted by atomic mass is 32.2. The lowest BCUT2D eigenvalue weighted by Gasteiger charge is -2.14. The molecule has 0 bridgehead atoms. The van der Waals surface area contributed by atoms with Crippen molar-refractivity contribution in [3.8, 4) is 0 Å². The summed E-state index contributed by atoms with van der Waals surface area (Å²) in [5.41, 5.74) is 4.36. The number of nitrogens with zero attached hydrogens (tertiary/aromatic N) is 1. The summed E-state index contributed by atoms with van der Waals surface area (Å²) in [6.07, 6.45) is 0. The number of amides is 1. The molecule has 0 saturated carbocycles. The molecule has 128 valence electrons. The van der Waals surface area contributed by atoms with Gasteiger partial charge in [0.1, 0.15) is 5.03 Å². The van der Waals surface area contributed by atoms with E-state index in [0.29, 0.717) is 6.54 Å². The minimum atomic E-state index is -0.198. The van der Waals surface area contributed by atoms with Crippen LogP contribution in [-0.2, 0) is 11.3 Å². The molecule has 3 rings (SSSR count). The van der Waals surface area contributed by atoms with Crippen LogP contribution in [0.5, 0.6) is 0 Å². The number of carbonyl (C=O) groups is 1. The van der Waals surface area contributed by atoms with E-state index in [-0.39, 0.29) is 11.2 Å². The number of benzene rings is 2. The lowest BCUT2D eigenvalue weighted by Crippen LogP contribution is -2.30. The Morgan fingerprint density at radius 1 is 1.08 bits per heavy atom. The number of para-hydroxylation sites is 1. The first-order chi connectivity index (χ1) is 12.0. The van der Waals surface area contributed by atoms with Crippen LogP contribution in [0.25, 0.3) is 10.9 Å². The lowest BCUT2D eigenvalue weighted by atomic mass is 10.1. The number of hydrogen-bond donors (Lipinski definition) is 1. The van der Waals surface area contributed by atoms with Gasteiger partial charge >= 0.3 is 0 Å². The zero-order chi connectivity index (χ0) is 17.8. The second-order valence-corrected chi connectivity index (χ2v) is 7.55. The minimum Gasteiger partial charge on any atom is -0.351 e. The Balaban J connectivity index is 1.70. The number of hydrogen-bond acceptors (Lipinski definition) is 3. The van der Waals surface area contributed by atoms with E-state index in [1.807, 2.05) is 50.2 Å². The summed E-state index contributed by atoms with van der Waals surface area (Å²) >= 11 is 1.51. The van der Waals surface area contributed by atoms with Crippen molar-refractivity contribution in [2.45, 2.75) is 37.6 Å². The van der Waals surface area contributed by atoms with Crippen LogP contribution >= 0.6 is 11.8 Å². The summed E-state index contributed by atoms with van der Waals surface area (Å²) in [4.78, 5) is 17.2. The number of fused-ring (bicyclic) bond motifs is 1. The monoisotopic (exact) mass is 350 g/mol. The molecule has 0 aliphatic rings. The third-order valence-corrected chi connectivity index (χ3v) is 5.36. The molecule has 0 fully saturated rings. The summed E-state index contributed by atoms with van der Waals surface area (Å²) in [5.74, 6) is 0.0277. The van der Waals surface area contributed by atoms with Crippen LogP contribution in [-0.4, -0.2) is 16.1 Å². The quantitative estimate of drug-likeness (QED) is 0.681. The molecule has 0 radical (unpaired) electrons. The minimum absolute atomic E-state index is 0.0277. The number of carbonyl (C=O) groups excluding carboxylic acids is 1. The molecule has 0 aliphatic heterocycles. The van der Waals surface area contributed by atoms with Crippen LogP contribution in [0.2, 0.25) is 0 Å². The topological polar surface area (TPSA) is 42.0 Å². The number of aromatic nitrogens is 1. The molecular formula is C21H22N2OS. The Kier molecular flexibility index (Phi) is 5.39. The Morgan fingerprint density at radius 3 is 2.60 bits per heavy atom. The number of rotatable bonds is 5. The highest BCUT2D eigenvalue weighted by Gasteiger charge is 2.17. The molecule has 1 heterocycles. The molecule has 0 unspecified atom stereocenters. The van der Waals surface area contributed by atoms with E-state index >= 15 is 0 Å². The summed E-state index contributed by atoms with van der Waals surface area (Å²) in [7, 11) is 0. The van der Waals surface area contributed by atoms with Crippen molar-refractivity contribution < 1.29 is 4.79 Å². The second-order valence-electron chi connectivity index (χ2n) is 6.22. The van der Waals surface area contributed by atoms with Gasteiger partial charge in [0.2, 0.25) is 5.91 Å². The zero-order valence-corrected chi connectivity index (χ0v) is 15.6. The van der Waals surface area contributed by atoms with Crippen LogP contribution < -0.4 is 5.32 Å². The van der Waals surface area contributed by atoms with Crippen molar-refractivity contribution in [2.75, 3.05) is 0 Å². The van der Waals surface area contributed by atoms with Gasteiger partial charge in [-0.15, -0.1) is 0 Å². The van der Waals surface area contributed by atoms with Gasteiger partial charge in [-0.3, -0.25) is 4.79 Å². The molecule has 1 N–H and O–H groups in total. The predicted molar refractivity (Wildman–Crippen MR) is 105 cm³/mol. The average molecular weight is 350 g/mol. The van der Waals surface area contributed by atoms with Crippen molar-refractivity contribution in [1.82, 2.24) is 10.3 Å². The van der Waals surface area contributed by atoms with Gasteiger partial charge in [-0.25, -0.2) is 4.98 Å². The van der Waals surface area contributed by atoms with Crippen molar-refractivity contribution in [3.05, 3.63) is 71.3 Å². The molecular weight excluding hydrogens is 328 g/mol. The number of nitrogens with one attached hydrogen (secondary N) is 1. The normalized spacial score (nSPS) is 12.1. The Labute approximate surface area is 152 Å². The Hall–Kier alpha value is -2.33. The van der Waals surface area contributed by atoms with E-state index in [0.717, 1.165) is 32.6 Å². The van der Waals surface area contributed by atoms with E-state index in [1.54, 1.807) is 0 Å². The standard InChI is InChI=1S/C21H22N2OS/c1-14-8-7-11-18-12-15(2)21(23-19(14)18)25-16(3)20(24)22-13-17-9-5-4-6-10-17/h4-12,16H,13H2,1-3H3,(H,22,24)/t16-/m1/s1. The molecule has 0 aliphatic carbocycles.